The highest BCUT2D eigenvalue weighted by atomic mass is 32.2. The molecule has 2 aromatic heterocycles. The zero-order valence-corrected chi connectivity index (χ0v) is 20.0. The molecule has 3 heterocycles. The summed E-state index contributed by atoms with van der Waals surface area (Å²) in [6, 6.07) is 12.3. The maximum Gasteiger partial charge on any atom is 0.490 e. The Morgan fingerprint density at radius 2 is 1.75 bits per heavy atom. The maximum atomic E-state index is 13.1. The number of rotatable bonds is 4. The summed E-state index contributed by atoms with van der Waals surface area (Å²) >= 11 is 0. The lowest BCUT2D eigenvalue weighted by Gasteiger charge is -2.19. The minimum atomic E-state index is -5.08. The van der Waals surface area contributed by atoms with Gasteiger partial charge in [0.1, 0.15) is 11.2 Å². The van der Waals surface area contributed by atoms with E-state index in [1.165, 1.54) is 15.5 Å². The molecule has 0 fully saturated rings. The van der Waals surface area contributed by atoms with E-state index >= 15 is 0 Å². The molecule has 1 aliphatic rings. The lowest BCUT2D eigenvalue weighted by atomic mass is 10.2. The molecular weight excluding hydrogens is 503 g/mol. The van der Waals surface area contributed by atoms with Gasteiger partial charge in [-0.1, -0.05) is 25.1 Å². The Morgan fingerprint density at radius 3 is 2.33 bits per heavy atom. The number of carbonyl (C=O) groups is 2. The molecule has 0 unspecified atom stereocenters. The first-order valence-corrected chi connectivity index (χ1v) is 11.9. The van der Waals surface area contributed by atoms with Gasteiger partial charge in [-0.25, -0.2) is 18.2 Å². The number of sulfonamides is 1. The quantitative estimate of drug-likeness (QED) is 0.555. The van der Waals surface area contributed by atoms with Crippen LogP contribution in [-0.4, -0.2) is 68.9 Å². The number of fused-ring (bicyclic) bond motifs is 3. The summed E-state index contributed by atoms with van der Waals surface area (Å²) in [4.78, 5) is 32.4. The molecule has 4 rings (SSSR count). The highest BCUT2D eigenvalue weighted by Gasteiger charge is 2.38. The molecule has 10 nitrogen and oxygen atoms in total. The summed E-state index contributed by atoms with van der Waals surface area (Å²) in [5.41, 5.74) is 2.06. The van der Waals surface area contributed by atoms with Gasteiger partial charge in [0.25, 0.3) is 5.91 Å². The number of aliphatic carboxylic acids is 1. The Kier molecular flexibility index (Phi) is 7.79. The zero-order valence-electron chi connectivity index (χ0n) is 19.2. The third-order valence-corrected chi connectivity index (χ3v) is 7.17. The third-order valence-electron chi connectivity index (χ3n) is 5.20. The number of hydrogen-bond acceptors (Lipinski definition) is 6. The standard InChI is InChI=1S/C20H21N5O3S.C2HF3O2/c1-3-24-13-17-19(20(26)23(2)12-15-8-6-7-11-21-15)22-14-25(17)16-9-4-5-10-18(16)29(24,27)28;3-2(4,5)1(6)7/h4-11,14H,3,12-13H2,1-2H3;(H,6,7). The summed E-state index contributed by atoms with van der Waals surface area (Å²) in [5.74, 6) is -3.04. The Bertz CT molecular complexity index is 1360. The first-order valence-electron chi connectivity index (χ1n) is 10.5. The number of carboxylic acids is 1. The zero-order chi connectivity index (χ0) is 26.7. The van der Waals surface area contributed by atoms with Crippen LogP contribution in [0.4, 0.5) is 13.2 Å². The second-order valence-corrected chi connectivity index (χ2v) is 9.50. The number of carboxylic acid groups (broad SMARTS) is 1. The van der Waals surface area contributed by atoms with Crippen LogP contribution in [0.15, 0.2) is 59.9 Å². The number of aromatic nitrogens is 3. The second-order valence-electron chi connectivity index (χ2n) is 7.59. The van der Waals surface area contributed by atoms with E-state index in [9.17, 15) is 26.4 Å². The Balaban J connectivity index is 0.000000454. The van der Waals surface area contributed by atoms with Crippen molar-refractivity contribution in [2.75, 3.05) is 13.6 Å². The maximum absolute atomic E-state index is 13.1. The van der Waals surface area contributed by atoms with Gasteiger partial charge in [-0.3, -0.25) is 14.3 Å². The van der Waals surface area contributed by atoms with Crippen molar-refractivity contribution in [2.24, 2.45) is 0 Å². The van der Waals surface area contributed by atoms with Crippen molar-refractivity contribution in [2.45, 2.75) is 31.1 Å². The van der Waals surface area contributed by atoms with Gasteiger partial charge in [0.05, 0.1) is 30.2 Å². The van der Waals surface area contributed by atoms with Crippen LogP contribution in [0.25, 0.3) is 5.69 Å². The molecule has 0 spiro atoms. The molecule has 14 heteroatoms. The van der Waals surface area contributed by atoms with Crippen molar-refractivity contribution >= 4 is 21.9 Å². The van der Waals surface area contributed by atoms with Crippen molar-refractivity contribution < 1.29 is 36.3 Å². The minimum Gasteiger partial charge on any atom is -0.475 e. The molecule has 1 N–H and O–H groups in total. The van der Waals surface area contributed by atoms with Gasteiger partial charge >= 0.3 is 12.1 Å². The highest BCUT2D eigenvalue weighted by molar-refractivity contribution is 7.89. The van der Waals surface area contributed by atoms with Crippen molar-refractivity contribution in [1.29, 1.82) is 0 Å². The minimum absolute atomic E-state index is 0.0754. The molecule has 192 valence electrons. The molecule has 0 atom stereocenters. The van der Waals surface area contributed by atoms with Crippen LogP contribution in [0, 0.1) is 0 Å². The largest absolute Gasteiger partial charge is 0.490 e. The summed E-state index contributed by atoms with van der Waals surface area (Å²) in [7, 11) is -1.99. The van der Waals surface area contributed by atoms with Gasteiger partial charge in [0, 0.05) is 19.8 Å². The molecule has 0 saturated heterocycles. The lowest BCUT2D eigenvalue weighted by molar-refractivity contribution is -0.192. The SMILES string of the molecule is CCN1Cc2c(C(=O)N(C)Cc3ccccn3)ncn2-c2ccccc2S1(=O)=O.O=C(O)C(F)(F)F. The number of nitrogens with zero attached hydrogens (tertiary/aromatic N) is 5. The fourth-order valence-electron chi connectivity index (χ4n) is 3.45. The van der Waals surface area contributed by atoms with E-state index in [0.717, 1.165) is 5.69 Å². The molecule has 3 aromatic rings. The van der Waals surface area contributed by atoms with E-state index in [4.69, 9.17) is 9.90 Å². The van der Waals surface area contributed by atoms with Crippen LogP contribution in [0.1, 0.15) is 28.8 Å². The molecule has 0 saturated carbocycles. The number of para-hydroxylation sites is 1. The van der Waals surface area contributed by atoms with Crippen molar-refractivity contribution in [3.63, 3.8) is 0 Å². The first kappa shape index (κ1) is 26.8. The smallest absolute Gasteiger partial charge is 0.475 e. The Labute approximate surface area is 204 Å². The average molecular weight is 526 g/mol. The van der Waals surface area contributed by atoms with Gasteiger partial charge < -0.3 is 10.0 Å². The third kappa shape index (κ3) is 5.54. The molecular formula is C22H22F3N5O5S. The summed E-state index contributed by atoms with van der Waals surface area (Å²) < 4.78 is 60.9. The molecule has 1 amide bonds. The van der Waals surface area contributed by atoms with Crippen LogP contribution in [0.5, 0.6) is 0 Å². The fraction of sp³-hybridized carbons (Fsp3) is 0.273. The van der Waals surface area contributed by atoms with Crippen molar-refractivity contribution in [3.8, 4) is 5.69 Å². The molecule has 1 aromatic carbocycles. The van der Waals surface area contributed by atoms with Gasteiger partial charge in [-0.2, -0.15) is 17.5 Å². The van der Waals surface area contributed by atoms with Crippen LogP contribution in [-0.2, 0) is 27.9 Å². The van der Waals surface area contributed by atoms with Gasteiger partial charge in [-0.05, 0) is 24.3 Å². The van der Waals surface area contributed by atoms with Crippen LogP contribution in [0.2, 0.25) is 0 Å². The fourth-order valence-corrected chi connectivity index (χ4v) is 5.04. The van der Waals surface area contributed by atoms with Crippen LogP contribution < -0.4 is 0 Å². The topological polar surface area (TPSA) is 126 Å². The number of halogens is 3. The number of pyridine rings is 1. The van der Waals surface area contributed by atoms with E-state index in [0.29, 0.717) is 24.5 Å². The van der Waals surface area contributed by atoms with Crippen LogP contribution >= 0.6 is 0 Å². The monoisotopic (exact) mass is 525 g/mol. The van der Waals surface area contributed by atoms with Crippen molar-refractivity contribution in [1.82, 2.24) is 23.7 Å². The summed E-state index contributed by atoms with van der Waals surface area (Å²) in [6.07, 6.45) is -1.89. The van der Waals surface area contributed by atoms with Crippen molar-refractivity contribution in [3.05, 3.63) is 72.1 Å². The number of benzene rings is 1. The predicted molar refractivity (Wildman–Crippen MR) is 121 cm³/mol. The number of alkyl halides is 3. The number of amides is 1. The van der Waals surface area contributed by atoms with Gasteiger partial charge in [0.2, 0.25) is 10.0 Å². The molecule has 1 aliphatic heterocycles. The molecule has 0 radical (unpaired) electrons. The van der Waals surface area contributed by atoms with E-state index in [1.54, 1.807) is 49.0 Å². The van der Waals surface area contributed by atoms with Crippen LogP contribution in [0.3, 0.4) is 0 Å². The van der Waals surface area contributed by atoms with E-state index in [1.807, 2.05) is 18.2 Å². The van der Waals surface area contributed by atoms with E-state index in [-0.39, 0.29) is 23.0 Å². The van der Waals surface area contributed by atoms with E-state index < -0.39 is 22.2 Å². The summed E-state index contributed by atoms with van der Waals surface area (Å²) in [5, 5.41) is 7.12. The summed E-state index contributed by atoms with van der Waals surface area (Å²) in [6.45, 7) is 2.48. The Morgan fingerprint density at radius 1 is 1.11 bits per heavy atom. The lowest BCUT2D eigenvalue weighted by Crippen LogP contribution is -2.32. The van der Waals surface area contributed by atoms with E-state index in [2.05, 4.69) is 9.97 Å². The van der Waals surface area contributed by atoms with Gasteiger partial charge in [0.15, 0.2) is 5.69 Å². The Hall–Kier alpha value is -3.78. The number of imidazole rings is 1. The predicted octanol–water partition coefficient (Wildman–Crippen LogP) is 2.70. The highest BCUT2D eigenvalue weighted by Crippen LogP contribution is 2.31. The second kappa shape index (κ2) is 10.5. The number of hydrogen-bond donors (Lipinski definition) is 1. The normalized spacial score (nSPS) is 14.5. The first-order chi connectivity index (χ1) is 16.9. The molecule has 0 bridgehead atoms. The molecule has 36 heavy (non-hydrogen) atoms. The van der Waals surface area contributed by atoms with Gasteiger partial charge in [-0.15, -0.1) is 0 Å². The number of carbonyl (C=O) groups excluding carboxylic acids is 1. The molecule has 0 aliphatic carbocycles. The average Bonchev–Trinajstić information content (AvgIpc) is 3.21.